The SMILES string of the molecule is CCc1ccc(Cl)c(-c2ccccc2)c1C(O)(CCCCOC)[C@@H]1CCCN(C(=O)Cc2nnn[nH]2)C1. The van der Waals surface area contributed by atoms with Crippen LogP contribution in [0.1, 0.15) is 56.0 Å². The summed E-state index contributed by atoms with van der Waals surface area (Å²) >= 11 is 6.86. The molecule has 1 fully saturated rings. The number of aryl methyl sites for hydroxylation is 1. The highest BCUT2D eigenvalue weighted by atomic mass is 35.5. The van der Waals surface area contributed by atoms with Crippen molar-refractivity contribution in [3.63, 3.8) is 0 Å². The number of nitrogens with one attached hydrogen (secondary N) is 1. The standard InChI is InChI=1S/C28H36ClN5O3/c1-3-20-13-14-23(29)26(21-10-5-4-6-11-21)27(20)28(36,15-7-8-17-37-2)22-12-9-16-34(19-22)25(35)18-24-30-32-33-31-24/h4-6,10-11,13-14,22,36H,3,7-9,12,15-19H2,1-2H3,(H,30,31,32,33)/t22-,28?/m1/s1. The third kappa shape index (κ3) is 6.20. The number of hydrogen-bond donors (Lipinski definition) is 2. The highest BCUT2D eigenvalue weighted by Crippen LogP contribution is 2.47. The summed E-state index contributed by atoms with van der Waals surface area (Å²) in [4.78, 5) is 15.0. The first kappa shape index (κ1) is 27.2. The number of likely N-dealkylation sites (tertiary alicyclic amines) is 1. The lowest BCUT2D eigenvalue weighted by atomic mass is 9.70. The maximum absolute atomic E-state index is 13.1. The summed E-state index contributed by atoms with van der Waals surface area (Å²) in [5, 5.41) is 27.1. The number of benzene rings is 2. The van der Waals surface area contributed by atoms with Crippen molar-refractivity contribution in [2.24, 2.45) is 5.92 Å². The predicted molar refractivity (Wildman–Crippen MR) is 143 cm³/mol. The first-order chi connectivity index (χ1) is 18.0. The van der Waals surface area contributed by atoms with E-state index >= 15 is 0 Å². The van der Waals surface area contributed by atoms with Gasteiger partial charge in [0.25, 0.3) is 0 Å². The number of unbranched alkanes of at least 4 members (excludes halogenated alkanes) is 1. The van der Waals surface area contributed by atoms with Gasteiger partial charge >= 0.3 is 0 Å². The molecule has 1 saturated heterocycles. The molecular formula is C28H36ClN5O3. The lowest BCUT2D eigenvalue weighted by Crippen LogP contribution is -2.49. The Morgan fingerprint density at radius 3 is 2.76 bits per heavy atom. The number of aromatic nitrogens is 4. The Balaban J connectivity index is 1.74. The van der Waals surface area contributed by atoms with Gasteiger partial charge in [0.2, 0.25) is 5.91 Å². The van der Waals surface area contributed by atoms with Gasteiger partial charge in [-0.15, -0.1) is 5.10 Å². The van der Waals surface area contributed by atoms with Crippen LogP contribution in [-0.4, -0.2) is 63.3 Å². The third-order valence-corrected chi connectivity index (χ3v) is 7.75. The Kier molecular flexibility index (Phi) is 9.29. The first-order valence-electron chi connectivity index (χ1n) is 13.1. The number of rotatable bonds is 11. The van der Waals surface area contributed by atoms with Crippen molar-refractivity contribution >= 4 is 17.5 Å². The molecule has 198 valence electrons. The summed E-state index contributed by atoms with van der Waals surface area (Å²) in [6.45, 7) is 3.86. The highest BCUT2D eigenvalue weighted by molar-refractivity contribution is 6.33. The third-order valence-electron chi connectivity index (χ3n) is 7.43. The van der Waals surface area contributed by atoms with Crippen LogP contribution < -0.4 is 0 Å². The fraction of sp³-hybridized carbons (Fsp3) is 0.500. The lowest BCUT2D eigenvalue weighted by molar-refractivity contribution is -0.136. The van der Waals surface area contributed by atoms with Crippen molar-refractivity contribution in [3.8, 4) is 11.1 Å². The molecule has 0 radical (unpaired) electrons. The molecule has 2 aromatic carbocycles. The molecule has 1 amide bonds. The molecule has 0 spiro atoms. The highest BCUT2D eigenvalue weighted by Gasteiger charge is 2.44. The predicted octanol–water partition coefficient (Wildman–Crippen LogP) is 4.57. The van der Waals surface area contributed by atoms with E-state index in [4.69, 9.17) is 16.3 Å². The Morgan fingerprint density at radius 2 is 2.05 bits per heavy atom. The van der Waals surface area contributed by atoms with Gasteiger partial charge < -0.3 is 14.7 Å². The molecule has 1 aliphatic rings. The van der Waals surface area contributed by atoms with Crippen molar-refractivity contribution < 1.29 is 14.6 Å². The van der Waals surface area contributed by atoms with Gasteiger partial charge in [0.1, 0.15) is 0 Å². The van der Waals surface area contributed by atoms with E-state index in [0.29, 0.717) is 37.0 Å². The van der Waals surface area contributed by atoms with E-state index in [1.807, 2.05) is 47.4 Å². The molecule has 8 nitrogen and oxygen atoms in total. The Hall–Kier alpha value is -2.81. The number of aromatic amines is 1. The Morgan fingerprint density at radius 1 is 1.24 bits per heavy atom. The molecule has 1 aromatic heterocycles. The van der Waals surface area contributed by atoms with Crippen molar-refractivity contribution in [2.45, 2.75) is 57.5 Å². The van der Waals surface area contributed by atoms with Crippen LogP contribution >= 0.6 is 11.6 Å². The quantitative estimate of drug-likeness (QED) is 0.355. The van der Waals surface area contributed by atoms with E-state index in [-0.39, 0.29) is 18.2 Å². The van der Waals surface area contributed by atoms with Crippen LogP contribution in [0.3, 0.4) is 0 Å². The summed E-state index contributed by atoms with van der Waals surface area (Å²) in [5.41, 5.74) is 2.67. The van der Waals surface area contributed by atoms with Gasteiger partial charge in [0.15, 0.2) is 5.82 Å². The molecule has 2 heterocycles. The largest absolute Gasteiger partial charge is 0.385 e. The minimum absolute atomic E-state index is 0.0462. The van der Waals surface area contributed by atoms with Crippen molar-refractivity contribution in [3.05, 3.63) is 64.4 Å². The molecule has 0 saturated carbocycles. The number of ether oxygens (including phenoxy) is 1. The van der Waals surface area contributed by atoms with Gasteiger partial charge in [0.05, 0.1) is 12.0 Å². The zero-order valence-electron chi connectivity index (χ0n) is 21.6. The zero-order chi connectivity index (χ0) is 26.3. The number of tetrazole rings is 1. The number of carbonyl (C=O) groups excluding carboxylic acids is 1. The molecule has 1 unspecified atom stereocenters. The summed E-state index contributed by atoms with van der Waals surface area (Å²) in [5.74, 6) is 0.248. The number of hydrogen-bond acceptors (Lipinski definition) is 6. The van der Waals surface area contributed by atoms with Gasteiger partial charge in [-0.3, -0.25) is 4.79 Å². The number of carbonyl (C=O) groups is 1. The molecule has 3 aromatic rings. The van der Waals surface area contributed by atoms with E-state index in [0.717, 1.165) is 54.4 Å². The molecular weight excluding hydrogens is 490 g/mol. The van der Waals surface area contributed by atoms with Crippen LogP contribution in [0, 0.1) is 5.92 Å². The second kappa shape index (κ2) is 12.6. The van der Waals surface area contributed by atoms with Crippen LogP contribution in [0.2, 0.25) is 5.02 Å². The lowest BCUT2D eigenvalue weighted by Gasteiger charge is -2.44. The molecule has 4 rings (SSSR count). The van der Waals surface area contributed by atoms with Crippen LogP contribution in [0.15, 0.2) is 42.5 Å². The summed E-state index contributed by atoms with van der Waals surface area (Å²) < 4.78 is 5.29. The minimum atomic E-state index is -1.16. The van der Waals surface area contributed by atoms with E-state index in [1.165, 1.54) is 0 Å². The second-order valence-corrected chi connectivity index (χ2v) is 10.2. The monoisotopic (exact) mass is 525 g/mol. The first-order valence-corrected chi connectivity index (χ1v) is 13.4. The molecule has 0 bridgehead atoms. The van der Waals surface area contributed by atoms with Gasteiger partial charge in [-0.05, 0) is 71.7 Å². The van der Waals surface area contributed by atoms with Gasteiger partial charge in [-0.1, -0.05) is 54.9 Å². The zero-order valence-corrected chi connectivity index (χ0v) is 22.4. The van der Waals surface area contributed by atoms with Crippen molar-refractivity contribution in [1.29, 1.82) is 0 Å². The maximum atomic E-state index is 13.1. The summed E-state index contributed by atoms with van der Waals surface area (Å²) in [6.07, 6.45) is 4.70. The normalized spacial score (nSPS) is 17.5. The molecule has 0 aliphatic carbocycles. The smallest absolute Gasteiger partial charge is 0.230 e. The number of piperidine rings is 1. The van der Waals surface area contributed by atoms with E-state index in [1.54, 1.807) is 7.11 Å². The number of amides is 1. The number of halogens is 1. The van der Waals surface area contributed by atoms with Crippen LogP contribution in [0.25, 0.3) is 11.1 Å². The Bertz CT molecular complexity index is 1160. The molecule has 2 atom stereocenters. The topological polar surface area (TPSA) is 104 Å². The van der Waals surface area contributed by atoms with Gasteiger partial charge in [-0.2, -0.15) is 0 Å². The molecule has 9 heteroatoms. The van der Waals surface area contributed by atoms with Crippen LogP contribution in [0.5, 0.6) is 0 Å². The van der Waals surface area contributed by atoms with E-state index in [2.05, 4.69) is 27.5 Å². The molecule has 1 aliphatic heterocycles. The van der Waals surface area contributed by atoms with Crippen LogP contribution in [-0.2, 0) is 28.0 Å². The number of aliphatic hydroxyl groups is 1. The van der Waals surface area contributed by atoms with Crippen molar-refractivity contribution in [1.82, 2.24) is 25.5 Å². The van der Waals surface area contributed by atoms with E-state index < -0.39 is 5.60 Å². The molecule has 2 N–H and O–H groups in total. The summed E-state index contributed by atoms with van der Waals surface area (Å²) in [7, 11) is 1.69. The minimum Gasteiger partial charge on any atom is -0.385 e. The number of nitrogens with zero attached hydrogens (tertiary/aromatic N) is 4. The fourth-order valence-electron chi connectivity index (χ4n) is 5.57. The average Bonchev–Trinajstić information content (AvgIpc) is 3.44. The van der Waals surface area contributed by atoms with Gasteiger partial charge in [0, 0.05) is 43.3 Å². The second-order valence-electron chi connectivity index (χ2n) is 9.75. The Labute approximate surface area is 223 Å². The number of H-pyrrole nitrogens is 1. The average molecular weight is 526 g/mol. The van der Waals surface area contributed by atoms with Gasteiger partial charge in [-0.25, -0.2) is 5.10 Å². The van der Waals surface area contributed by atoms with E-state index in [9.17, 15) is 9.90 Å². The maximum Gasteiger partial charge on any atom is 0.230 e. The number of methoxy groups -OCH3 is 1. The fourth-order valence-corrected chi connectivity index (χ4v) is 5.84. The van der Waals surface area contributed by atoms with Crippen molar-refractivity contribution in [2.75, 3.05) is 26.8 Å². The molecule has 37 heavy (non-hydrogen) atoms. The van der Waals surface area contributed by atoms with Crippen LogP contribution in [0.4, 0.5) is 0 Å². The summed E-state index contributed by atoms with van der Waals surface area (Å²) in [6, 6.07) is 14.0.